The number of aromatic nitrogens is 2. The van der Waals surface area contributed by atoms with E-state index in [0.717, 1.165) is 27.7 Å². The van der Waals surface area contributed by atoms with Gasteiger partial charge in [0.1, 0.15) is 31.0 Å². The van der Waals surface area contributed by atoms with Gasteiger partial charge in [-0.1, -0.05) is 0 Å². The lowest BCUT2D eigenvalue weighted by atomic mass is 9.98. The third-order valence-corrected chi connectivity index (χ3v) is 5.91. The molecule has 9 atom stereocenters. The number of nitrogens with one attached hydrogen (secondary N) is 1. The number of hydrogen-bond donors (Lipinski definition) is 3. The molecule has 0 bridgehead atoms. The van der Waals surface area contributed by atoms with E-state index in [-0.39, 0.29) is 0 Å². The van der Waals surface area contributed by atoms with Crippen LogP contribution in [0, 0.1) is 5.82 Å². The van der Waals surface area contributed by atoms with E-state index in [0.29, 0.717) is 10.8 Å². The van der Waals surface area contributed by atoms with Crippen molar-refractivity contribution in [1.82, 2.24) is 9.55 Å². The lowest BCUT2D eigenvalue weighted by Gasteiger charge is -2.44. The third-order valence-electron chi connectivity index (χ3n) is 5.91. The van der Waals surface area contributed by atoms with Gasteiger partial charge in [0.2, 0.25) is 5.82 Å². The molecule has 2 saturated heterocycles. The maximum atomic E-state index is 13.8. The highest BCUT2D eigenvalue weighted by Crippen LogP contribution is 2.32. The van der Waals surface area contributed by atoms with Crippen LogP contribution in [0.5, 0.6) is 0 Å². The molecule has 0 spiro atoms. The van der Waals surface area contributed by atoms with E-state index in [2.05, 4.69) is 0 Å². The Balaban J connectivity index is 1.87. The van der Waals surface area contributed by atoms with Crippen molar-refractivity contribution >= 4 is 23.9 Å². The van der Waals surface area contributed by atoms with Crippen molar-refractivity contribution in [3.63, 3.8) is 0 Å². The van der Waals surface area contributed by atoms with Gasteiger partial charge in [-0.25, -0.2) is 4.79 Å². The van der Waals surface area contributed by atoms with Crippen molar-refractivity contribution in [1.29, 1.82) is 0 Å². The number of ether oxygens (including phenoxy) is 7. The molecule has 0 unspecified atom stereocenters. The van der Waals surface area contributed by atoms with Gasteiger partial charge in [0, 0.05) is 27.7 Å². The fraction of sp³-hybridized carbons (Fsp3) is 0.652. The molecule has 2 aliphatic rings. The van der Waals surface area contributed by atoms with Crippen molar-refractivity contribution in [2.45, 2.75) is 82.9 Å². The molecule has 0 radical (unpaired) electrons. The summed E-state index contributed by atoms with van der Waals surface area (Å²) in [5.41, 5.74) is -2.43. The van der Waals surface area contributed by atoms with E-state index in [1.807, 2.05) is 0 Å². The largest absolute Gasteiger partial charge is 0.463 e. The van der Waals surface area contributed by atoms with Gasteiger partial charge in [-0.05, 0) is 0 Å². The summed E-state index contributed by atoms with van der Waals surface area (Å²) in [6.07, 6.45) is -13.5. The standard InChI is InChI=1S/C23H29FN2O15/c1-8(27)35-7-14-17(37-9(2)28)18(38-10(3)29)19(39-11(4)30)22(41-14)36-6-13-15(31)16(32)21(40-13)26-5-12(24)20(33)25-23(26)34/h5,13-19,21-22,31-32H,6-7H2,1-4H3,(H,25,33,34)/t13-,14-,15-,16-,17+,18+,19-,21-,22-/m1/s1. The van der Waals surface area contributed by atoms with Crippen LogP contribution in [0.2, 0.25) is 0 Å². The monoisotopic (exact) mass is 592 g/mol. The topological polar surface area (TPSA) is 228 Å². The number of aromatic amines is 1. The van der Waals surface area contributed by atoms with Crippen molar-refractivity contribution in [2.24, 2.45) is 0 Å². The number of hydrogen-bond acceptors (Lipinski definition) is 15. The van der Waals surface area contributed by atoms with Crippen LogP contribution < -0.4 is 11.2 Å². The van der Waals surface area contributed by atoms with Gasteiger partial charge >= 0.3 is 29.6 Å². The van der Waals surface area contributed by atoms with Crippen LogP contribution in [-0.4, -0.2) is 106 Å². The summed E-state index contributed by atoms with van der Waals surface area (Å²) in [5.74, 6) is -4.66. The molecule has 0 saturated carbocycles. The number of carbonyl (C=O) groups is 4. The number of carbonyl (C=O) groups excluding carboxylic acids is 4. The number of rotatable bonds is 9. The van der Waals surface area contributed by atoms with E-state index in [9.17, 15) is 43.4 Å². The van der Waals surface area contributed by atoms with Crippen molar-refractivity contribution in [2.75, 3.05) is 13.2 Å². The quantitative estimate of drug-likeness (QED) is 0.197. The van der Waals surface area contributed by atoms with Gasteiger partial charge in [-0.3, -0.25) is 33.5 Å². The first kappa shape index (κ1) is 31.8. The highest BCUT2D eigenvalue weighted by Gasteiger charge is 2.53. The Bertz CT molecular complexity index is 1260. The number of esters is 4. The lowest BCUT2D eigenvalue weighted by Crippen LogP contribution is -2.63. The van der Waals surface area contributed by atoms with Crippen LogP contribution >= 0.6 is 0 Å². The molecule has 2 aliphatic heterocycles. The van der Waals surface area contributed by atoms with E-state index in [1.165, 1.54) is 0 Å². The van der Waals surface area contributed by atoms with Crippen molar-refractivity contribution in [3.05, 3.63) is 32.9 Å². The smallest absolute Gasteiger partial charge is 0.330 e. The highest BCUT2D eigenvalue weighted by atomic mass is 19.1. The van der Waals surface area contributed by atoms with E-state index < -0.39 is 109 Å². The van der Waals surface area contributed by atoms with Crippen LogP contribution in [0.25, 0.3) is 0 Å². The summed E-state index contributed by atoms with van der Waals surface area (Å²) in [6, 6.07) is 0. The second-order valence-electron chi connectivity index (χ2n) is 9.09. The molecule has 0 aliphatic carbocycles. The number of nitrogens with zero attached hydrogens (tertiary/aromatic N) is 1. The van der Waals surface area contributed by atoms with Crippen molar-refractivity contribution in [3.8, 4) is 0 Å². The zero-order valence-electron chi connectivity index (χ0n) is 22.2. The zero-order chi connectivity index (χ0) is 30.6. The maximum absolute atomic E-state index is 13.8. The molecule has 3 rings (SSSR count). The molecular formula is C23H29FN2O15. The summed E-state index contributed by atoms with van der Waals surface area (Å²) >= 11 is 0. The SMILES string of the molecule is CC(=O)OC[C@H]1O[C@@H](OC[C@H]2O[C@@H](n3cc(F)c(=O)[nH]c3=O)[C@H](O)[C@@H]2O)[C@H](OC(C)=O)[C@@H](OC(C)=O)[C@H]1OC(C)=O. The summed E-state index contributed by atoms with van der Waals surface area (Å²) in [4.78, 5) is 72.2. The van der Waals surface area contributed by atoms with Gasteiger partial charge in [0.15, 0.2) is 30.8 Å². The molecule has 1 aromatic rings. The zero-order valence-corrected chi connectivity index (χ0v) is 22.2. The van der Waals surface area contributed by atoms with Crippen LogP contribution in [0.3, 0.4) is 0 Å². The minimum atomic E-state index is -1.79. The van der Waals surface area contributed by atoms with E-state index >= 15 is 0 Å². The number of halogens is 1. The van der Waals surface area contributed by atoms with E-state index in [1.54, 1.807) is 4.98 Å². The van der Waals surface area contributed by atoms with E-state index in [4.69, 9.17) is 33.2 Å². The second kappa shape index (κ2) is 13.3. The Hall–Kier alpha value is -3.71. The molecule has 3 N–H and O–H groups in total. The number of aliphatic hydroxyl groups excluding tert-OH is 2. The molecule has 18 heteroatoms. The van der Waals surface area contributed by atoms with Gasteiger partial charge in [-0.15, -0.1) is 0 Å². The average molecular weight is 592 g/mol. The van der Waals surface area contributed by atoms with Crippen LogP contribution in [0.1, 0.15) is 33.9 Å². The maximum Gasteiger partial charge on any atom is 0.330 e. The average Bonchev–Trinajstić information content (AvgIpc) is 3.14. The molecule has 17 nitrogen and oxygen atoms in total. The van der Waals surface area contributed by atoms with Gasteiger partial charge < -0.3 is 43.4 Å². The second-order valence-corrected chi connectivity index (χ2v) is 9.09. The minimum absolute atomic E-state index is 0.491. The Morgan fingerprint density at radius 3 is 2.02 bits per heavy atom. The first-order valence-corrected chi connectivity index (χ1v) is 12.1. The van der Waals surface area contributed by atoms with Crippen LogP contribution in [-0.2, 0) is 52.3 Å². The first-order valence-electron chi connectivity index (χ1n) is 12.1. The molecule has 228 valence electrons. The number of H-pyrrole nitrogens is 1. The van der Waals surface area contributed by atoms with Gasteiger partial charge in [0.25, 0.3) is 5.56 Å². The molecule has 0 aromatic carbocycles. The minimum Gasteiger partial charge on any atom is -0.463 e. The lowest BCUT2D eigenvalue weighted by molar-refractivity contribution is -0.312. The van der Waals surface area contributed by atoms with Gasteiger partial charge in [0.05, 0.1) is 12.8 Å². The summed E-state index contributed by atoms with van der Waals surface area (Å²) in [5, 5.41) is 20.9. The molecule has 0 amide bonds. The Kier molecular flexibility index (Phi) is 10.3. The fourth-order valence-corrected chi connectivity index (χ4v) is 4.26. The number of aliphatic hydroxyl groups is 2. The Labute approximate surface area is 230 Å². The first-order chi connectivity index (χ1) is 19.2. The van der Waals surface area contributed by atoms with Crippen LogP contribution in [0.15, 0.2) is 15.8 Å². The normalized spacial score (nSPS) is 31.2. The Morgan fingerprint density at radius 1 is 0.854 bits per heavy atom. The molecular weight excluding hydrogens is 563 g/mol. The van der Waals surface area contributed by atoms with Crippen molar-refractivity contribution < 1.29 is 66.9 Å². The third kappa shape index (κ3) is 7.73. The summed E-state index contributed by atoms with van der Waals surface area (Å²) < 4.78 is 52.0. The molecule has 41 heavy (non-hydrogen) atoms. The summed E-state index contributed by atoms with van der Waals surface area (Å²) in [7, 11) is 0. The molecule has 1 aromatic heterocycles. The predicted molar refractivity (Wildman–Crippen MR) is 125 cm³/mol. The summed E-state index contributed by atoms with van der Waals surface area (Å²) in [6.45, 7) is 3.08. The Morgan fingerprint density at radius 2 is 1.44 bits per heavy atom. The molecule has 3 heterocycles. The van der Waals surface area contributed by atoms with Crippen LogP contribution in [0.4, 0.5) is 4.39 Å². The molecule has 2 fully saturated rings. The predicted octanol–water partition coefficient (Wildman–Crippen LogP) is -2.61. The highest BCUT2D eigenvalue weighted by molar-refractivity contribution is 5.68. The van der Waals surface area contributed by atoms with Gasteiger partial charge in [-0.2, -0.15) is 4.39 Å². The fourth-order valence-electron chi connectivity index (χ4n) is 4.26.